The summed E-state index contributed by atoms with van der Waals surface area (Å²) >= 11 is 5.76. The third kappa shape index (κ3) is 5.12. The Balaban J connectivity index is 2.33. The van der Waals surface area contributed by atoms with Crippen LogP contribution in [0.1, 0.15) is 16.7 Å². The summed E-state index contributed by atoms with van der Waals surface area (Å²) in [6.07, 6.45) is 1.67. The summed E-state index contributed by atoms with van der Waals surface area (Å²) in [5.74, 6) is 9.53. The predicted octanol–water partition coefficient (Wildman–Crippen LogP) is 4.36. The highest BCUT2D eigenvalue weighted by molar-refractivity contribution is 6.83. The van der Waals surface area contributed by atoms with Crippen molar-refractivity contribution < 1.29 is 0 Å². The first-order valence-electron chi connectivity index (χ1n) is 6.70. The Morgan fingerprint density at radius 2 is 1.57 bits per heavy atom. The second kappa shape index (κ2) is 6.63. The van der Waals surface area contributed by atoms with E-state index >= 15 is 0 Å². The number of hydrogen-bond acceptors (Lipinski definition) is 1. The molecule has 1 nitrogen and oxygen atoms in total. The minimum Gasteiger partial charge on any atom is -0.243 e. The minimum absolute atomic E-state index is 0.474. The Labute approximate surface area is 132 Å². The van der Waals surface area contributed by atoms with Gasteiger partial charge in [0.15, 0.2) is 0 Å². The van der Waals surface area contributed by atoms with E-state index in [1.165, 1.54) is 0 Å². The molecule has 0 saturated heterocycles. The predicted molar refractivity (Wildman–Crippen MR) is 91.9 cm³/mol. The number of hydrogen-bond donors (Lipinski definition) is 0. The molecule has 1 aromatic heterocycles. The molecular weight excluding hydrogens is 294 g/mol. The molecule has 0 atom stereocenters. The molecule has 0 N–H and O–H groups in total. The van der Waals surface area contributed by atoms with Gasteiger partial charge < -0.3 is 0 Å². The summed E-state index contributed by atoms with van der Waals surface area (Å²) in [4.78, 5) is 4.02. The van der Waals surface area contributed by atoms with Gasteiger partial charge in [-0.1, -0.05) is 61.1 Å². The lowest BCUT2D eigenvalue weighted by molar-refractivity contribution is 1.31. The van der Waals surface area contributed by atoms with Crippen molar-refractivity contribution in [2.45, 2.75) is 19.6 Å². The molecule has 0 saturated carbocycles. The van der Waals surface area contributed by atoms with Gasteiger partial charge in [-0.15, -0.1) is 5.54 Å². The van der Waals surface area contributed by atoms with E-state index in [9.17, 15) is 0 Å². The van der Waals surface area contributed by atoms with Crippen LogP contribution in [0.4, 0.5) is 0 Å². The number of rotatable bonds is 0. The molecule has 0 radical (unpaired) electrons. The Bertz CT molecular complexity index is 750. The van der Waals surface area contributed by atoms with Crippen LogP contribution in [0.5, 0.6) is 0 Å². The number of benzene rings is 1. The summed E-state index contributed by atoms with van der Waals surface area (Å²) in [6.45, 7) is 6.69. The lowest BCUT2D eigenvalue weighted by atomic mass is 10.1. The van der Waals surface area contributed by atoms with Gasteiger partial charge in [-0.05, 0) is 24.3 Å². The molecule has 0 spiro atoms. The van der Waals surface area contributed by atoms with Gasteiger partial charge in [0.25, 0.3) is 0 Å². The molecule has 0 aliphatic rings. The highest BCUT2D eigenvalue weighted by atomic mass is 35.5. The van der Waals surface area contributed by atoms with E-state index in [4.69, 9.17) is 11.6 Å². The first-order valence-corrected chi connectivity index (χ1v) is 10.6. The zero-order valence-electron chi connectivity index (χ0n) is 12.4. The molecule has 104 valence electrons. The number of aromatic nitrogens is 1. The van der Waals surface area contributed by atoms with Gasteiger partial charge in [0.2, 0.25) is 0 Å². The van der Waals surface area contributed by atoms with Crippen molar-refractivity contribution in [3.63, 3.8) is 0 Å². The van der Waals surface area contributed by atoms with Gasteiger partial charge >= 0.3 is 0 Å². The Kier molecular flexibility index (Phi) is 4.86. The minimum atomic E-state index is -1.39. The second-order valence-electron chi connectivity index (χ2n) is 5.67. The van der Waals surface area contributed by atoms with Crippen LogP contribution < -0.4 is 0 Å². The van der Waals surface area contributed by atoms with Crippen LogP contribution in [0.2, 0.25) is 24.8 Å². The van der Waals surface area contributed by atoms with Crippen LogP contribution in [-0.2, 0) is 0 Å². The fraction of sp³-hybridized carbons (Fsp3) is 0.167. The molecule has 0 amide bonds. The largest absolute Gasteiger partial charge is 0.243 e. The fourth-order valence-electron chi connectivity index (χ4n) is 1.55. The Morgan fingerprint density at radius 1 is 0.905 bits per heavy atom. The molecule has 21 heavy (non-hydrogen) atoms. The first-order chi connectivity index (χ1) is 9.94. The van der Waals surface area contributed by atoms with Crippen LogP contribution in [0.3, 0.4) is 0 Å². The summed E-state index contributed by atoms with van der Waals surface area (Å²) in [7, 11) is -1.39. The van der Waals surface area contributed by atoms with Crippen molar-refractivity contribution in [2.75, 3.05) is 0 Å². The van der Waals surface area contributed by atoms with Gasteiger partial charge in [-0.3, -0.25) is 0 Å². The fourth-order valence-corrected chi connectivity index (χ4v) is 2.17. The monoisotopic (exact) mass is 309 g/mol. The van der Waals surface area contributed by atoms with Crippen molar-refractivity contribution in [1.29, 1.82) is 0 Å². The van der Waals surface area contributed by atoms with E-state index < -0.39 is 8.07 Å². The van der Waals surface area contributed by atoms with Crippen LogP contribution in [-0.4, -0.2) is 13.1 Å². The molecule has 2 aromatic rings. The average Bonchev–Trinajstić information content (AvgIpc) is 2.44. The lowest BCUT2D eigenvalue weighted by Gasteiger charge is -2.03. The van der Waals surface area contributed by atoms with Crippen molar-refractivity contribution >= 4 is 19.7 Å². The third-order valence-electron chi connectivity index (χ3n) is 2.57. The van der Waals surface area contributed by atoms with E-state index in [-0.39, 0.29) is 0 Å². The molecule has 3 heteroatoms. The summed E-state index contributed by atoms with van der Waals surface area (Å²) in [6, 6.07) is 11.6. The van der Waals surface area contributed by atoms with Crippen molar-refractivity contribution in [1.82, 2.24) is 4.98 Å². The van der Waals surface area contributed by atoms with E-state index in [0.29, 0.717) is 5.15 Å². The maximum atomic E-state index is 5.76. The Hall–Kier alpha value is -2.00. The van der Waals surface area contributed by atoms with Gasteiger partial charge in [0.1, 0.15) is 13.2 Å². The molecule has 1 heterocycles. The summed E-state index contributed by atoms with van der Waals surface area (Å²) in [5, 5.41) is 0.474. The van der Waals surface area contributed by atoms with E-state index in [1.54, 1.807) is 12.3 Å². The number of nitrogens with zero attached hydrogens (tertiary/aromatic N) is 1. The smallest absolute Gasteiger partial charge is 0.129 e. The first kappa shape index (κ1) is 15.4. The quantitative estimate of drug-likeness (QED) is 0.400. The van der Waals surface area contributed by atoms with Crippen LogP contribution in [0.25, 0.3) is 0 Å². The summed E-state index contributed by atoms with van der Waals surface area (Å²) < 4.78 is 0. The van der Waals surface area contributed by atoms with Crippen molar-refractivity contribution in [2.24, 2.45) is 0 Å². The van der Waals surface area contributed by atoms with Crippen LogP contribution >= 0.6 is 11.6 Å². The van der Waals surface area contributed by atoms with Crippen molar-refractivity contribution in [3.8, 4) is 23.3 Å². The number of halogens is 1. The normalized spacial score (nSPS) is 10.1. The highest BCUT2D eigenvalue weighted by Gasteiger charge is 2.07. The molecule has 0 unspecified atom stereocenters. The second-order valence-corrected chi connectivity index (χ2v) is 10.8. The van der Waals surface area contributed by atoms with Crippen LogP contribution in [0.15, 0.2) is 42.6 Å². The molecule has 0 fully saturated rings. The topological polar surface area (TPSA) is 12.9 Å². The highest BCUT2D eigenvalue weighted by Crippen LogP contribution is 2.08. The van der Waals surface area contributed by atoms with Gasteiger partial charge in [0.05, 0.1) is 0 Å². The van der Waals surface area contributed by atoms with Gasteiger partial charge in [-0.2, -0.15) is 0 Å². The van der Waals surface area contributed by atoms with E-state index in [2.05, 4.69) is 47.9 Å². The maximum Gasteiger partial charge on any atom is 0.129 e. The maximum absolute atomic E-state index is 5.76. The lowest BCUT2D eigenvalue weighted by Crippen LogP contribution is -2.16. The van der Waals surface area contributed by atoms with E-state index in [1.807, 2.05) is 30.3 Å². The van der Waals surface area contributed by atoms with E-state index in [0.717, 1.165) is 16.7 Å². The standard InChI is InChI=1S/C18H16ClNSi/c1-21(2,3)13-12-17-7-5-4-6-16(17)10-8-15-9-11-18(19)20-14-15/h4-7,9,11,14H,1-3H3. The molecule has 0 aliphatic heterocycles. The molecule has 2 rings (SSSR count). The Morgan fingerprint density at radius 3 is 2.14 bits per heavy atom. The molecule has 0 bridgehead atoms. The average molecular weight is 310 g/mol. The molecule has 1 aromatic carbocycles. The molecule has 0 aliphatic carbocycles. The molecular formula is C18H16ClNSi. The zero-order chi connectivity index (χ0) is 15.3. The van der Waals surface area contributed by atoms with Gasteiger partial charge in [-0.25, -0.2) is 4.98 Å². The van der Waals surface area contributed by atoms with Gasteiger partial charge in [0, 0.05) is 22.9 Å². The zero-order valence-corrected chi connectivity index (χ0v) is 14.1. The summed E-state index contributed by atoms with van der Waals surface area (Å²) in [5.41, 5.74) is 6.14. The van der Waals surface area contributed by atoms with Crippen LogP contribution in [0, 0.1) is 23.3 Å². The number of pyridine rings is 1. The van der Waals surface area contributed by atoms with Crippen molar-refractivity contribution in [3.05, 3.63) is 64.4 Å². The third-order valence-corrected chi connectivity index (χ3v) is 3.67. The SMILES string of the molecule is C[Si](C)(C)C#Cc1ccccc1C#Cc1ccc(Cl)nc1.